The van der Waals surface area contributed by atoms with Crippen LogP contribution in [0.3, 0.4) is 0 Å². The number of rotatable bonds is 6. The third kappa shape index (κ3) is 3.41. The van der Waals surface area contributed by atoms with E-state index in [4.69, 9.17) is 5.11 Å². The van der Waals surface area contributed by atoms with Gasteiger partial charge in [-0.05, 0) is 19.9 Å². The second-order valence-corrected chi connectivity index (χ2v) is 3.86. The van der Waals surface area contributed by atoms with E-state index in [0.29, 0.717) is 12.4 Å². The second-order valence-electron chi connectivity index (χ2n) is 3.86. The molecule has 1 atom stereocenters. The molecule has 1 heterocycles. The lowest BCUT2D eigenvalue weighted by Gasteiger charge is -2.27. The van der Waals surface area contributed by atoms with Crippen molar-refractivity contribution in [1.29, 1.82) is 0 Å². The summed E-state index contributed by atoms with van der Waals surface area (Å²) in [4.78, 5) is 26.4. The molecule has 1 rings (SSSR count). The number of anilines is 1. The Kier molecular flexibility index (Phi) is 4.59. The summed E-state index contributed by atoms with van der Waals surface area (Å²) in [5.41, 5.74) is -0.0827. The van der Waals surface area contributed by atoms with Crippen LogP contribution in [0.2, 0.25) is 0 Å². The minimum absolute atomic E-state index is 0.00743. The number of nitrogens with zero attached hydrogens (tertiary/aromatic N) is 3. The molecule has 7 heteroatoms. The second kappa shape index (κ2) is 5.95. The molecular formula is C11H15N3O4. The lowest BCUT2D eigenvalue weighted by molar-refractivity contribution is -0.385. The number of carbonyl (C=O) groups is 1. The summed E-state index contributed by atoms with van der Waals surface area (Å²) < 4.78 is 0. The van der Waals surface area contributed by atoms with Gasteiger partial charge in [0.25, 0.3) is 5.69 Å². The van der Waals surface area contributed by atoms with E-state index in [1.165, 1.54) is 18.3 Å². The van der Waals surface area contributed by atoms with E-state index < -0.39 is 10.9 Å². The molecular weight excluding hydrogens is 238 g/mol. The van der Waals surface area contributed by atoms with Gasteiger partial charge in [0.05, 0.1) is 11.3 Å². The Morgan fingerprint density at radius 1 is 1.61 bits per heavy atom. The minimum atomic E-state index is -0.886. The summed E-state index contributed by atoms with van der Waals surface area (Å²) >= 11 is 0. The van der Waals surface area contributed by atoms with Crippen LogP contribution in [-0.2, 0) is 4.79 Å². The van der Waals surface area contributed by atoms with Crippen LogP contribution in [-0.4, -0.2) is 33.6 Å². The van der Waals surface area contributed by atoms with Gasteiger partial charge in [0.15, 0.2) is 0 Å². The average molecular weight is 253 g/mol. The largest absolute Gasteiger partial charge is 0.481 e. The van der Waals surface area contributed by atoms with Crippen LogP contribution in [0.5, 0.6) is 0 Å². The Bertz CT molecular complexity index is 432. The molecule has 0 bridgehead atoms. The average Bonchev–Trinajstić information content (AvgIpc) is 2.29. The van der Waals surface area contributed by atoms with Crippen molar-refractivity contribution in [2.45, 2.75) is 26.3 Å². The summed E-state index contributed by atoms with van der Waals surface area (Å²) in [6.45, 7) is 4.24. The van der Waals surface area contributed by atoms with Crippen LogP contribution in [0.25, 0.3) is 0 Å². The van der Waals surface area contributed by atoms with Gasteiger partial charge in [-0.3, -0.25) is 14.9 Å². The van der Waals surface area contributed by atoms with Crippen LogP contribution in [0, 0.1) is 10.1 Å². The number of aromatic nitrogens is 1. The minimum Gasteiger partial charge on any atom is -0.481 e. The van der Waals surface area contributed by atoms with Crippen LogP contribution in [0.4, 0.5) is 11.5 Å². The normalized spacial score (nSPS) is 11.9. The zero-order valence-corrected chi connectivity index (χ0v) is 10.2. The molecule has 0 amide bonds. The van der Waals surface area contributed by atoms with Crippen molar-refractivity contribution in [1.82, 2.24) is 4.98 Å². The molecule has 0 aliphatic carbocycles. The van der Waals surface area contributed by atoms with E-state index in [1.807, 2.05) is 6.92 Å². The van der Waals surface area contributed by atoms with Crippen LogP contribution >= 0.6 is 0 Å². The molecule has 0 spiro atoms. The summed E-state index contributed by atoms with van der Waals surface area (Å²) in [5, 5.41) is 19.3. The highest BCUT2D eigenvalue weighted by Crippen LogP contribution is 2.18. The van der Waals surface area contributed by atoms with Gasteiger partial charge < -0.3 is 10.0 Å². The first-order chi connectivity index (χ1) is 8.45. The summed E-state index contributed by atoms with van der Waals surface area (Å²) in [7, 11) is 0. The van der Waals surface area contributed by atoms with Crippen molar-refractivity contribution in [2.75, 3.05) is 11.4 Å². The maximum atomic E-state index is 10.7. The Balaban J connectivity index is 2.88. The van der Waals surface area contributed by atoms with E-state index in [-0.39, 0.29) is 18.2 Å². The molecule has 0 saturated heterocycles. The predicted molar refractivity (Wildman–Crippen MR) is 65.6 cm³/mol. The first kappa shape index (κ1) is 13.9. The van der Waals surface area contributed by atoms with E-state index in [2.05, 4.69) is 4.98 Å². The van der Waals surface area contributed by atoms with Gasteiger partial charge in [-0.25, -0.2) is 4.98 Å². The van der Waals surface area contributed by atoms with Crippen LogP contribution < -0.4 is 4.90 Å². The standard InChI is InChI=1S/C11H15N3O4/c1-3-13(8(2)6-11(15)16)10-5-4-9(7-12-10)14(17)18/h4-5,7-8H,3,6H2,1-2H3,(H,15,16). The van der Waals surface area contributed by atoms with Crippen molar-refractivity contribution >= 4 is 17.5 Å². The fourth-order valence-electron chi connectivity index (χ4n) is 1.72. The molecule has 98 valence electrons. The highest BCUT2D eigenvalue weighted by molar-refractivity contribution is 5.68. The van der Waals surface area contributed by atoms with Crippen molar-refractivity contribution < 1.29 is 14.8 Å². The smallest absolute Gasteiger partial charge is 0.305 e. The number of carboxylic acids is 1. The zero-order valence-electron chi connectivity index (χ0n) is 10.2. The molecule has 0 aliphatic heterocycles. The molecule has 0 aromatic carbocycles. The van der Waals surface area contributed by atoms with E-state index in [9.17, 15) is 14.9 Å². The molecule has 0 saturated carbocycles. The third-order valence-corrected chi connectivity index (χ3v) is 2.58. The Morgan fingerprint density at radius 2 is 2.28 bits per heavy atom. The molecule has 18 heavy (non-hydrogen) atoms. The van der Waals surface area contributed by atoms with Gasteiger partial charge in [-0.1, -0.05) is 0 Å². The number of aliphatic carboxylic acids is 1. The first-order valence-corrected chi connectivity index (χ1v) is 5.54. The lowest BCUT2D eigenvalue weighted by atomic mass is 10.2. The number of nitro groups is 1. The number of carboxylic acid groups (broad SMARTS) is 1. The van der Waals surface area contributed by atoms with Crippen molar-refractivity contribution in [2.24, 2.45) is 0 Å². The van der Waals surface area contributed by atoms with Gasteiger partial charge in [0.2, 0.25) is 0 Å². The molecule has 1 aromatic rings. The highest BCUT2D eigenvalue weighted by atomic mass is 16.6. The molecule has 0 aliphatic rings. The van der Waals surface area contributed by atoms with Gasteiger partial charge >= 0.3 is 5.97 Å². The zero-order chi connectivity index (χ0) is 13.7. The highest BCUT2D eigenvalue weighted by Gasteiger charge is 2.17. The SMILES string of the molecule is CCN(c1ccc([N+](=O)[O-])cn1)C(C)CC(=O)O. The van der Waals surface area contributed by atoms with Crippen molar-refractivity contribution in [3.63, 3.8) is 0 Å². The Hall–Kier alpha value is -2.18. The Morgan fingerprint density at radius 3 is 2.67 bits per heavy atom. The summed E-state index contributed by atoms with van der Waals surface area (Å²) in [5.74, 6) is -0.347. The van der Waals surface area contributed by atoms with Crippen LogP contribution in [0.15, 0.2) is 18.3 Å². The predicted octanol–water partition coefficient (Wildman–Crippen LogP) is 1.68. The van der Waals surface area contributed by atoms with Gasteiger partial charge in [0, 0.05) is 18.7 Å². The van der Waals surface area contributed by atoms with Crippen LogP contribution in [0.1, 0.15) is 20.3 Å². The number of hydrogen-bond donors (Lipinski definition) is 1. The van der Waals surface area contributed by atoms with E-state index in [1.54, 1.807) is 11.8 Å². The summed E-state index contributed by atoms with van der Waals surface area (Å²) in [6, 6.07) is 2.67. The van der Waals surface area contributed by atoms with E-state index in [0.717, 1.165) is 0 Å². The Labute approximate surface area is 104 Å². The molecule has 7 nitrogen and oxygen atoms in total. The molecule has 0 fully saturated rings. The first-order valence-electron chi connectivity index (χ1n) is 5.54. The quantitative estimate of drug-likeness (QED) is 0.612. The maximum Gasteiger partial charge on any atom is 0.305 e. The maximum absolute atomic E-state index is 10.7. The van der Waals surface area contributed by atoms with Crippen molar-refractivity contribution in [3.05, 3.63) is 28.4 Å². The fourth-order valence-corrected chi connectivity index (χ4v) is 1.72. The van der Waals surface area contributed by atoms with E-state index >= 15 is 0 Å². The topological polar surface area (TPSA) is 96.6 Å². The van der Waals surface area contributed by atoms with Gasteiger partial charge in [-0.15, -0.1) is 0 Å². The molecule has 1 N–H and O–H groups in total. The fraction of sp³-hybridized carbons (Fsp3) is 0.455. The van der Waals surface area contributed by atoms with Gasteiger partial charge in [0.1, 0.15) is 12.0 Å². The monoisotopic (exact) mass is 253 g/mol. The van der Waals surface area contributed by atoms with Crippen molar-refractivity contribution in [3.8, 4) is 0 Å². The molecule has 1 aromatic heterocycles. The number of hydrogen-bond acceptors (Lipinski definition) is 5. The summed E-state index contributed by atoms with van der Waals surface area (Å²) in [6.07, 6.45) is 1.16. The number of pyridine rings is 1. The molecule has 1 unspecified atom stereocenters. The molecule has 0 radical (unpaired) electrons. The van der Waals surface area contributed by atoms with Gasteiger partial charge in [-0.2, -0.15) is 0 Å². The lowest BCUT2D eigenvalue weighted by Crippen LogP contribution is -2.35. The third-order valence-electron chi connectivity index (χ3n) is 2.58.